The third kappa shape index (κ3) is 5.19. The number of hydrogen-bond donors (Lipinski definition) is 2. The van der Waals surface area contributed by atoms with Gasteiger partial charge in [0, 0.05) is 31.7 Å². The summed E-state index contributed by atoms with van der Waals surface area (Å²) in [6, 6.07) is 5.83. The quantitative estimate of drug-likeness (QED) is 0.597. The molecule has 0 saturated carbocycles. The Morgan fingerprint density at radius 2 is 1.78 bits per heavy atom. The Bertz CT molecular complexity index is 711. The maximum atomic E-state index is 12.5. The summed E-state index contributed by atoms with van der Waals surface area (Å²) in [5.41, 5.74) is 6.36. The predicted molar refractivity (Wildman–Crippen MR) is 98.8 cm³/mol. The minimum atomic E-state index is -0.958. The fourth-order valence-corrected chi connectivity index (χ4v) is 2.84. The number of nitrogens with one attached hydrogen (secondary N) is 1. The summed E-state index contributed by atoms with van der Waals surface area (Å²) in [6.07, 6.45) is 0.615. The van der Waals surface area contributed by atoms with Gasteiger partial charge in [-0.2, -0.15) is 0 Å². The minimum Gasteiger partial charge on any atom is -0.450 e. The maximum Gasteiger partial charge on any atom is 0.409 e. The summed E-state index contributed by atoms with van der Waals surface area (Å²) >= 11 is 0. The number of amides is 4. The second-order valence-electron chi connectivity index (χ2n) is 6.18. The lowest BCUT2D eigenvalue weighted by Crippen LogP contribution is -2.51. The van der Waals surface area contributed by atoms with Crippen molar-refractivity contribution in [2.45, 2.75) is 32.7 Å². The summed E-state index contributed by atoms with van der Waals surface area (Å²) < 4.78 is 4.94. The number of carbonyl (C=O) groups is 4. The molecule has 0 unspecified atom stereocenters. The van der Waals surface area contributed by atoms with E-state index in [-0.39, 0.29) is 17.8 Å². The van der Waals surface area contributed by atoms with E-state index in [9.17, 15) is 19.2 Å². The first-order valence-corrected chi connectivity index (χ1v) is 8.76. The van der Waals surface area contributed by atoms with Crippen molar-refractivity contribution in [3.05, 3.63) is 24.3 Å². The molecule has 9 nitrogen and oxygen atoms in total. The van der Waals surface area contributed by atoms with Gasteiger partial charge >= 0.3 is 17.9 Å². The summed E-state index contributed by atoms with van der Waals surface area (Å²) in [4.78, 5) is 50.7. The Labute approximate surface area is 157 Å². The van der Waals surface area contributed by atoms with Crippen LogP contribution >= 0.6 is 0 Å². The first kappa shape index (κ1) is 20.2. The number of imide groups is 1. The lowest BCUT2D eigenvalue weighted by atomic mass is 10.1. The molecular formula is C18H24N4O5. The van der Waals surface area contributed by atoms with Crippen LogP contribution in [0.3, 0.4) is 0 Å². The van der Waals surface area contributed by atoms with E-state index in [2.05, 4.69) is 5.32 Å². The average Bonchev–Trinajstić information content (AvgIpc) is 2.64. The molecule has 0 atom stereocenters. The van der Waals surface area contributed by atoms with Crippen LogP contribution in [0.5, 0.6) is 0 Å². The molecule has 0 bridgehead atoms. The van der Waals surface area contributed by atoms with Crippen molar-refractivity contribution in [2.24, 2.45) is 0 Å². The lowest BCUT2D eigenvalue weighted by Gasteiger charge is -2.31. The number of anilines is 2. The fourth-order valence-electron chi connectivity index (χ4n) is 2.84. The number of hydrogen-bond acceptors (Lipinski definition) is 6. The van der Waals surface area contributed by atoms with Crippen molar-refractivity contribution in [1.82, 2.24) is 10.2 Å². The van der Waals surface area contributed by atoms with Gasteiger partial charge in [0.2, 0.25) is 5.91 Å². The van der Waals surface area contributed by atoms with Crippen molar-refractivity contribution >= 4 is 35.2 Å². The minimum absolute atomic E-state index is 0.257. The van der Waals surface area contributed by atoms with Crippen LogP contribution in [0, 0.1) is 0 Å². The van der Waals surface area contributed by atoms with Gasteiger partial charge in [-0.25, -0.2) is 9.69 Å². The van der Waals surface area contributed by atoms with Gasteiger partial charge in [-0.3, -0.25) is 14.4 Å². The Morgan fingerprint density at radius 3 is 2.30 bits per heavy atom. The third-order valence-corrected chi connectivity index (χ3v) is 4.22. The van der Waals surface area contributed by atoms with Crippen molar-refractivity contribution in [3.63, 3.8) is 0 Å². The third-order valence-electron chi connectivity index (χ3n) is 4.22. The van der Waals surface area contributed by atoms with Crippen molar-refractivity contribution in [3.8, 4) is 0 Å². The largest absolute Gasteiger partial charge is 0.450 e. The molecule has 3 N–H and O–H groups in total. The predicted octanol–water partition coefficient (Wildman–Crippen LogP) is 0.885. The number of carbonyl (C=O) groups excluding carboxylic acids is 4. The summed E-state index contributed by atoms with van der Waals surface area (Å²) in [5.74, 6) is -2.39. The second-order valence-corrected chi connectivity index (χ2v) is 6.18. The van der Waals surface area contributed by atoms with Gasteiger partial charge in [-0.05, 0) is 44.0 Å². The topological polar surface area (TPSA) is 122 Å². The number of benzene rings is 1. The number of rotatable bonds is 3. The molecule has 1 aliphatic rings. The number of likely N-dealkylation sites (tertiary alicyclic amines) is 1. The van der Waals surface area contributed by atoms with E-state index in [0.717, 1.165) is 4.90 Å². The molecule has 0 aromatic heterocycles. The SMILES string of the molecule is CCOC(=O)N1CCC(NC(=O)C(=O)N(C(C)=O)c2ccc(N)cc2)CC1. The zero-order chi connectivity index (χ0) is 20.0. The highest BCUT2D eigenvalue weighted by atomic mass is 16.6. The summed E-state index contributed by atoms with van der Waals surface area (Å²) in [6.45, 7) is 4.09. The van der Waals surface area contributed by atoms with Crippen LogP contribution in [0.2, 0.25) is 0 Å². The number of nitrogens with two attached hydrogens (primary N) is 1. The smallest absolute Gasteiger partial charge is 0.409 e. The van der Waals surface area contributed by atoms with E-state index in [1.54, 1.807) is 24.0 Å². The van der Waals surface area contributed by atoms with Crippen molar-refractivity contribution in [2.75, 3.05) is 30.3 Å². The number of nitrogen functional groups attached to an aromatic ring is 1. The van der Waals surface area contributed by atoms with Gasteiger partial charge in [-0.1, -0.05) is 0 Å². The van der Waals surface area contributed by atoms with E-state index in [1.807, 2.05) is 0 Å². The highest BCUT2D eigenvalue weighted by Crippen LogP contribution is 2.17. The van der Waals surface area contributed by atoms with Gasteiger partial charge in [0.05, 0.1) is 12.3 Å². The van der Waals surface area contributed by atoms with Crippen LogP contribution < -0.4 is 16.0 Å². The van der Waals surface area contributed by atoms with Gasteiger partial charge in [-0.15, -0.1) is 0 Å². The molecule has 9 heteroatoms. The molecule has 27 heavy (non-hydrogen) atoms. The molecular weight excluding hydrogens is 352 g/mol. The van der Waals surface area contributed by atoms with Gasteiger partial charge < -0.3 is 20.7 Å². The van der Waals surface area contributed by atoms with Crippen LogP contribution in [-0.4, -0.2) is 54.5 Å². The maximum absolute atomic E-state index is 12.5. The second kappa shape index (κ2) is 9.02. The van der Waals surface area contributed by atoms with Crippen LogP contribution in [-0.2, 0) is 19.1 Å². The molecule has 1 aromatic rings. The monoisotopic (exact) mass is 376 g/mol. The van der Waals surface area contributed by atoms with Gasteiger partial charge in [0.25, 0.3) is 0 Å². The first-order chi connectivity index (χ1) is 12.8. The molecule has 2 rings (SSSR count). The molecule has 1 aromatic carbocycles. The molecule has 0 spiro atoms. The summed E-state index contributed by atoms with van der Waals surface area (Å²) in [5, 5.41) is 2.64. The average molecular weight is 376 g/mol. The number of ether oxygens (including phenoxy) is 1. The van der Waals surface area contributed by atoms with Gasteiger partial charge in [0.15, 0.2) is 0 Å². The highest BCUT2D eigenvalue weighted by molar-refractivity contribution is 6.45. The molecule has 1 aliphatic heterocycles. The Morgan fingerprint density at radius 1 is 1.19 bits per heavy atom. The van der Waals surface area contributed by atoms with E-state index in [0.29, 0.717) is 38.2 Å². The van der Waals surface area contributed by atoms with Crippen LogP contribution in [0.4, 0.5) is 16.2 Å². The Hall–Kier alpha value is -3.10. The zero-order valence-corrected chi connectivity index (χ0v) is 15.4. The van der Waals surface area contributed by atoms with Crippen LogP contribution in [0.15, 0.2) is 24.3 Å². The molecule has 146 valence electrons. The Balaban J connectivity index is 1.96. The van der Waals surface area contributed by atoms with Crippen LogP contribution in [0.25, 0.3) is 0 Å². The van der Waals surface area contributed by atoms with Crippen molar-refractivity contribution in [1.29, 1.82) is 0 Å². The number of piperidine rings is 1. The van der Waals surface area contributed by atoms with Gasteiger partial charge in [0.1, 0.15) is 0 Å². The van der Waals surface area contributed by atoms with E-state index in [1.165, 1.54) is 19.1 Å². The number of nitrogens with zero attached hydrogens (tertiary/aromatic N) is 2. The lowest BCUT2D eigenvalue weighted by molar-refractivity contribution is -0.140. The summed E-state index contributed by atoms with van der Waals surface area (Å²) in [7, 11) is 0. The van der Waals surface area contributed by atoms with E-state index in [4.69, 9.17) is 10.5 Å². The zero-order valence-electron chi connectivity index (χ0n) is 15.4. The molecule has 1 fully saturated rings. The van der Waals surface area contributed by atoms with Crippen molar-refractivity contribution < 1.29 is 23.9 Å². The highest BCUT2D eigenvalue weighted by Gasteiger charge is 2.30. The molecule has 4 amide bonds. The first-order valence-electron chi connectivity index (χ1n) is 8.76. The normalized spacial score (nSPS) is 14.4. The Kier molecular flexibility index (Phi) is 6.75. The molecule has 0 radical (unpaired) electrons. The molecule has 1 heterocycles. The van der Waals surface area contributed by atoms with E-state index < -0.39 is 17.7 Å². The van der Waals surface area contributed by atoms with Crippen LogP contribution in [0.1, 0.15) is 26.7 Å². The standard InChI is InChI=1S/C18H24N4O5/c1-3-27-18(26)21-10-8-14(9-11-21)20-16(24)17(25)22(12(2)23)15-6-4-13(19)5-7-15/h4-7,14H,3,8-11,19H2,1-2H3,(H,20,24). The molecule has 1 saturated heterocycles. The fraction of sp³-hybridized carbons (Fsp3) is 0.444. The molecule has 0 aliphatic carbocycles. The van der Waals surface area contributed by atoms with E-state index >= 15 is 0 Å².